The molecule has 1 amide bonds. The second-order valence-electron chi connectivity index (χ2n) is 7.30. The van der Waals surface area contributed by atoms with Crippen molar-refractivity contribution in [3.8, 4) is 11.8 Å². The molecule has 2 aliphatic heterocycles. The van der Waals surface area contributed by atoms with Gasteiger partial charge in [-0.3, -0.25) is 9.69 Å². The number of benzene rings is 2. The number of halogens is 1. The van der Waals surface area contributed by atoms with Crippen molar-refractivity contribution in [2.45, 2.75) is 26.2 Å². The largest absolute Gasteiger partial charge is 0.494 e. The number of aryl methyl sites for hydroxylation is 1. The van der Waals surface area contributed by atoms with E-state index in [1.807, 2.05) is 56.3 Å². The Morgan fingerprint density at radius 1 is 1.27 bits per heavy atom. The summed E-state index contributed by atoms with van der Waals surface area (Å²) >= 11 is 7.81. The molecule has 2 aliphatic rings. The highest BCUT2D eigenvalue weighted by molar-refractivity contribution is 8.03. The van der Waals surface area contributed by atoms with Crippen molar-refractivity contribution in [2.75, 3.05) is 24.1 Å². The van der Waals surface area contributed by atoms with Gasteiger partial charge in [0.15, 0.2) is 0 Å². The molecule has 0 aliphatic carbocycles. The van der Waals surface area contributed by atoms with E-state index in [9.17, 15) is 10.1 Å². The van der Waals surface area contributed by atoms with Gasteiger partial charge in [-0.2, -0.15) is 5.26 Å². The third kappa shape index (κ3) is 3.88. The second kappa shape index (κ2) is 8.63. The molecule has 0 aromatic heterocycles. The summed E-state index contributed by atoms with van der Waals surface area (Å²) in [5.74, 6) is 1.24. The number of rotatable bonds is 4. The molecule has 7 heteroatoms. The number of thioether (sulfide) groups is 1. The zero-order chi connectivity index (χ0) is 21.3. The first-order valence-electron chi connectivity index (χ1n) is 9.83. The van der Waals surface area contributed by atoms with Gasteiger partial charge in [0.25, 0.3) is 0 Å². The molecule has 30 heavy (non-hydrogen) atoms. The number of nitrogens with zero attached hydrogens (tertiary/aromatic N) is 3. The van der Waals surface area contributed by atoms with Crippen molar-refractivity contribution in [2.24, 2.45) is 0 Å². The zero-order valence-corrected chi connectivity index (χ0v) is 18.5. The lowest BCUT2D eigenvalue weighted by Crippen LogP contribution is -2.47. The molecule has 0 N–H and O–H groups in total. The van der Waals surface area contributed by atoms with Crippen LogP contribution in [0.3, 0.4) is 0 Å². The lowest BCUT2D eigenvalue weighted by Gasteiger charge is -2.42. The molecule has 154 valence electrons. The van der Waals surface area contributed by atoms with Crippen LogP contribution in [0.5, 0.6) is 5.75 Å². The minimum atomic E-state index is -0.225. The average Bonchev–Trinajstić information content (AvgIpc) is 2.76. The van der Waals surface area contributed by atoms with Gasteiger partial charge < -0.3 is 9.64 Å². The number of anilines is 1. The Balaban J connectivity index is 1.61. The molecule has 1 saturated heterocycles. The van der Waals surface area contributed by atoms with Gasteiger partial charge in [-0.25, -0.2) is 0 Å². The van der Waals surface area contributed by atoms with Crippen molar-refractivity contribution in [3.05, 3.63) is 69.2 Å². The maximum Gasteiger partial charge on any atom is 0.229 e. The Labute approximate surface area is 185 Å². The van der Waals surface area contributed by atoms with Crippen LogP contribution in [-0.2, 0) is 4.79 Å². The van der Waals surface area contributed by atoms with Gasteiger partial charge in [0.1, 0.15) is 5.75 Å². The lowest BCUT2D eigenvalue weighted by molar-refractivity contribution is -0.129. The maximum absolute atomic E-state index is 13.0. The van der Waals surface area contributed by atoms with Crippen LogP contribution in [-0.4, -0.2) is 30.0 Å². The predicted octanol–water partition coefficient (Wildman–Crippen LogP) is 5.27. The molecular formula is C23H22ClN3O2S. The molecule has 4 rings (SSSR count). The standard InChI is InChI=1S/C23H22ClN3O2S/c1-3-29-18-8-5-16(6-9-18)19-11-22(28)27-13-26(14-30-23(27)20(19)12-25)17-7-4-15(2)21(24)10-17/h4-10,19H,3,11,13-14H2,1-2H3. The summed E-state index contributed by atoms with van der Waals surface area (Å²) in [6.07, 6.45) is 0.281. The molecule has 1 unspecified atom stereocenters. The van der Waals surface area contributed by atoms with Crippen LogP contribution < -0.4 is 9.64 Å². The molecule has 0 bridgehead atoms. The molecule has 0 saturated carbocycles. The zero-order valence-electron chi connectivity index (χ0n) is 16.9. The van der Waals surface area contributed by atoms with E-state index in [1.165, 1.54) is 11.8 Å². The number of ether oxygens (including phenoxy) is 1. The predicted molar refractivity (Wildman–Crippen MR) is 120 cm³/mol. The van der Waals surface area contributed by atoms with Crippen LogP contribution in [0, 0.1) is 18.3 Å². The third-order valence-corrected chi connectivity index (χ3v) is 6.97. The number of allylic oxidation sites excluding steroid dienone is 1. The van der Waals surface area contributed by atoms with Gasteiger partial charge in [-0.05, 0) is 49.2 Å². The molecule has 2 heterocycles. The molecule has 5 nitrogen and oxygen atoms in total. The van der Waals surface area contributed by atoms with Crippen LogP contribution in [0.25, 0.3) is 0 Å². The van der Waals surface area contributed by atoms with Gasteiger partial charge in [-0.15, -0.1) is 0 Å². The number of fused-ring (bicyclic) bond motifs is 1. The van der Waals surface area contributed by atoms with E-state index >= 15 is 0 Å². The molecule has 2 aromatic rings. The Morgan fingerprint density at radius 2 is 2.03 bits per heavy atom. The summed E-state index contributed by atoms with van der Waals surface area (Å²) in [6, 6.07) is 16.0. The van der Waals surface area contributed by atoms with E-state index in [-0.39, 0.29) is 18.2 Å². The summed E-state index contributed by atoms with van der Waals surface area (Å²) in [4.78, 5) is 16.9. The Bertz CT molecular complexity index is 1050. The van der Waals surface area contributed by atoms with Crippen LogP contribution in [0.4, 0.5) is 5.69 Å². The molecule has 0 radical (unpaired) electrons. The fourth-order valence-electron chi connectivity index (χ4n) is 3.75. The monoisotopic (exact) mass is 439 g/mol. The van der Waals surface area contributed by atoms with Crippen molar-refractivity contribution in [3.63, 3.8) is 0 Å². The number of hydrogen-bond acceptors (Lipinski definition) is 5. The minimum absolute atomic E-state index is 0.0262. The highest BCUT2D eigenvalue weighted by atomic mass is 35.5. The molecule has 0 spiro atoms. The molecule has 1 fully saturated rings. The van der Waals surface area contributed by atoms with E-state index < -0.39 is 0 Å². The van der Waals surface area contributed by atoms with Gasteiger partial charge >= 0.3 is 0 Å². The number of hydrogen-bond donors (Lipinski definition) is 0. The minimum Gasteiger partial charge on any atom is -0.494 e. The molecule has 1 atom stereocenters. The summed E-state index contributed by atoms with van der Waals surface area (Å²) in [7, 11) is 0. The topological polar surface area (TPSA) is 56.6 Å². The molecular weight excluding hydrogens is 418 g/mol. The SMILES string of the molecule is CCOc1ccc(C2CC(=O)N3CN(c4ccc(C)c(Cl)c4)CSC3=C2C#N)cc1. The highest BCUT2D eigenvalue weighted by Crippen LogP contribution is 2.43. The fourth-order valence-corrected chi connectivity index (χ4v) is 5.09. The van der Waals surface area contributed by atoms with Crippen molar-refractivity contribution in [1.82, 2.24) is 4.90 Å². The highest BCUT2D eigenvalue weighted by Gasteiger charge is 2.38. The molecule has 2 aromatic carbocycles. The Kier molecular flexibility index (Phi) is 5.94. The number of amides is 1. The lowest BCUT2D eigenvalue weighted by atomic mass is 9.86. The number of carbonyl (C=O) groups excluding carboxylic acids is 1. The Morgan fingerprint density at radius 3 is 2.70 bits per heavy atom. The van der Waals surface area contributed by atoms with Gasteiger partial charge in [-0.1, -0.05) is 41.6 Å². The third-order valence-electron chi connectivity index (χ3n) is 5.41. The summed E-state index contributed by atoms with van der Waals surface area (Å²) in [6.45, 7) is 4.92. The maximum atomic E-state index is 13.0. The summed E-state index contributed by atoms with van der Waals surface area (Å²) in [5.41, 5.74) is 3.61. The van der Waals surface area contributed by atoms with Gasteiger partial charge in [0, 0.05) is 23.0 Å². The normalized spacial score (nSPS) is 18.9. The van der Waals surface area contributed by atoms with E-state index in [0.29, 0.717) is 29.7 Å². The summed E-state index contributed by atoms with van der Waals surface area (Å²) in [5, 5.41) is 11.4. The van der Waals surface area contributed by atoms with Crippen molar-refractivity contribution < 1.29 is 9.53 Å². The van der Waals surface area contributed by atoms with E-state index in [1.54, 1.807) is 4.90 Å². The van der Waals surface area contributed by atoms with Crippen LogP contribution in [0.2, 0.25) is 5.02 Å². The van der Waals surface area contributed by atoms with Crippen molar-refractivity contribution in [1.29, 1.82) is 5.26 Å². The number of nitriles is 1. The van der Waals surface area contributed by atoms with E-state index in [2.05, 4.69) is 11.0 Å². The first-order valence-corrected chi connectivity index (χ1v) is 11.2. The fraction of sp³-hybridized carbons (Fsp3) is 0.304. The van der Waals surface area contributed by atoms with Crippen LogP contribution in [0.1, 0.15) is 30.4 Å². The van der Waals surface area contributed by atoms with E-state index in [0.717, 1.165) is 27.6 Å². The van der Waals surface area contributed by atoms with E-state index in [4.69, 9.17) is 16.3 Å². The van der Waals surface area contributed by atoms with Gasteiger partial charge in [0.2, 0.25) is 5.91 Å². The first kappa shape index (κ1) is 20.6. The first-order chi connectivity index (χ1) is 14.5. The second-order valence-corrected chi connectivity index (χ2v) is 8.64. The van der Waals surface area contributed by atoms with Crippen LogP contribution in [0.15, 0.2) is 53.1 Å². The average molecular weight is 440 g/mol. The van der Waals surface area contributed by atoms with Crippen molar-refractivity contribution >= 4 is 35.0 Å². The smallest absolute Gasteiger partial charge is 0.229 e. The quantitative estimate of drug-likeness (QED) is 0.649. The number of carbonyl (C=O) groups is 1. The van der Waals surface area contributed by atoms with Crippen LogP contribution >= 0.6 is 23.4 Å². The summed E-state index contributed by atoms with van der Waals surface area (Å²) < 4.78 is 5.51. The van der Waals surface area contributed by atoms with Gasteiger partial charge in [0.05, 0.1) is 35.8 Å². The Hall–Kier alpha value is -2.62.